The average Bonchev–Trinajstić information content (AvgIpc) is 2.98. The summed E-state index contributed by atoms with van der Waals surface area (Å²) in [5, 5.41) is 6.51. The van der Waals surface area contributed by atoms with E-state index in [4.69, 9.17) is 9.26 Å². The Hall–Kier alpha value is -1.56. The maximum Gasteiger partial charge on any atom is 0.279 e. The summed E-state index contributed by atoms with van der Waals surface area (Å²) in [6, 6.07) is -0.360. The summed E-state index contributed by atoms with van der Waals surface area (Å²) in [6.07, 6.45) is 1.16. The van der Waals surface area contributed by atoms with Gasteiger partial charge in [0.1, 0.15) is 0 Å². The smallest absolute Gasteiger partial charge is 0.279 e. The Labute approximate surface area is 147 Å². The third-order valence-corrected chi connectivity index (χ3v) is 5.80. The SMILES string of the molecule is CO[C@@H]1C[C@@H](C(=O)NCc2noc(C)n2)CC[C@H]1NS(=O)(=O)N(C)C. The van der Waals surface area contributed by atoms with Crippen LogP contribution in [-0.4, -0.2) is 62.1 Å². The minimum absolute atomic E-state index is 0.126. The van der Waals surface area contributed by atoms with Crippen LogP contribution in [0, 0.1) is 12.8 Å². The van der Waals surface area contributed by atoms with Crippen LogP contribution in [0.25, 0.3) is 0 Å². The van der Waals surface area contributed by atoms with Gasteiger partial charge in [0, 0.05) is 40.1 Å². The van der Waals surface area contributed by atoms with Crippen molar-refractivity contribution < 1.29 is 22.5 Å². The van der Waals surface area contributed by atoms with Gasteiger partial charge in [-0.1, -0.05) is 5.16 Å². The van der Waals surface area contributed by atoms with Crippen molar-refractivity contribution >= 4 is 16.1 Å². The predicted octanol–water partition coefficient (Wildman–Crippen LogP) is -0.426. The molecule has 0 aliphatic heterocycles. The van der Waals surface area contributed by atoms with Crippen molar-refractivity contribution in [3.8, 4) is 0 Å². The third kappa shape index (κ3) is 5.21. The normalized spacial score (nSPS) is 24.4. The Balaban J connectivity index is 1.90. The van der Waals surface area contributed by atoms with Crippen LogP contribution in [0.1, 0.15) is 31.0 Å². The highest BCUT2D eigenvalue weighted by atomic mass is 32.2. The number of amides is 1. The number of rotatable bonds is 7. The van der Waals surface area contributed by atoms with E-state index in [2.05, 4.69) is 20.2 Å². The van der Waals surface area contributed by atoms with Crippen LogP contribution in [0.15, 0.2) is 4.52 Å². The monoisotopic (exact) mass is 375 g/mol. The summed E-state index contributed by atoms with van der Waals surface area (Å²) in [5.74, 6) is 0.482. The first-order valence-electron chi connectivity index (χ1n) is 8.02. The lowest BCUT2D eigenvalue weighted by Crippen LogP contribution is -2.52. The highest BCUT2D eigenvalue weighted by Gasteiger charge is 2.36. The Bertz CT molecular complexity index is 690. The van der Waals surface area contributed by atoms with Crippen molar-refractivity contribution in [2.24, 2.45) is 5.92 Å². The molecule has 0 unspecified atom stereocenters. The van der Waals surface area contributed by atoms with Gasteiger partial charge in [-0.25, -0.2) is 0 Å². The molecule has 1 saturated carbocycles. The number of ether oxygens (including phenoxy) is 1. The Morgan fingerprint density at radius 2 is 2.12 bits per heavy atom. The molecule has 0 aromatic carbocycles. The molecule has 2 rings (SSSR count). The second-order valence-corrected chi connectivity index (χ2v) is 8.16. The molecular weight excluding hydrogens is 350 g/mol. The van der Waals surface area contributed by atoms with Crippen molar-refractivity contribution in [2.45, 2.75) is 44.9 Å². The van der Waals surface area contributed by atoms with E-state index in [0.717, 1.165) is 4.31 Å². The van der Waals surface area contributed by atoms with Gasteiger partial charge < -0.3 is 14.6 Å². The number of aryl methyl sites for hydroxylation is 1. The Morgan fingerprint density at radius 3 is 2.68 bits per heavy atom. The number of hydrogen-bond acceptors (Lipinski definition) is 7. The van der Waals surface area contributed by atoms with Gasteiger partial charge in [0.05, 0.1) is 12.6 Å². The second kappa shape index (κ2) is 8.21. The first kappa shape index (κ1) is 19.8. The summed E-state index contributed by atoms with van der Waals surface area (Å²) < 4.78 is 38.0. The van der Waals surface area contributed by atoms with Crippen LogP contribution in [0.3, 0.4) is 0 Å². The third-order valence-electron chi connectivity index (χ3n) is 4.24. The van der Waals surface area contributed by atoms with Crippen molar-refractivity contribution in [1.82, 2.24) is 24.5 Å². The van der Waals surface area contributed by atoms with Crippen LogP contribution in [0.5, 0.6) is 0 Å². The summed E-state index contributed by atoms with van der Waals surface area (Å²) >= 11 is 0. The fraction of sp³-hybridized carbons (Fsp3) is 0.786. The van der Waals surface area contributed by atoms with Crippen molar-refractivity contribution in [3.05, 3.63) is 11.7 Å². The summed E-state index contributed by atoms with van der Waals surface area (Å²) in [4.78, 5) is 16.4. The molecule has 0 radical (unpaired) electrons. The average molecular weight is 375 g/mol. The van der Waals surface area contributed by atoms with Gasteiger partial charge in [0.2, 0.25) is 11.8 Å². The number of carbonyl (C=O) groups excluding carboxylic acids is 1. The van der Waals surface area contributed by atoms with Gasteiger partial charge in [-0.15, -0.1) is 0 Å². The minimum Gasteiger partial charge on any atom is -0.380 e. The number of carbonyl (C=O) groups is 1. The summed E-state index contributed by atoms with van der Waals surface area (Å²) in [5.41, 5.74) is 0. The molecule has 1 amide bonds. The Kier molecular flexibility index (Phi) is 6.49. The van der Waals surface area contributed by atoms with Gasteiger partial charge in [0.15, 0.2) is 5.82 Å². The first-order chi connectivity index (χ1) is 11.7. The van der Waals surface area contributed by atoms with E-state index in [1.807, 2.05) is 0 Å². The first-order valence-corrected chi connectivity index (χ1v) is 9.46. The van der Waals surface area contributed by atoms with Crippen molar-refractivity contribution in [1.29, 1.82) is 0 Å². The molecule has 1 aromatic heterocycles. The highest BCUT2D eigenvalue weighted by molar-refractivity contribution is 7.87. The number of nitrogens with zero attached hydrogens (tertiary/aromatic N) is 3. The lowest BCUT2D eigenvalue weighted by Gasteiger charge is -2.35. The van der Waals surface area contributed by atoms with Crippen LogP contribution in [0.2, 0.25) is 0 Å². The molecule has 142 valence electrons. The van der Waals surface area contributed by atoms with Crippen LogP contribution in [-0.2, 0) is 26.3 Å². The molecule has 1 heterocycles. The molecule has 25 heavy (non-hydrogen) atoms. The quantitative estimate of drug-likeness (QED) is 0.662. The van der Waals surface area contributed by atoms with E-state index in [9.17, 15) is 13.2 Å². The van der Waals surface area contributed by atoms with E-state index < -0.39 is 10.2 Å². The van der Waals surface area contributed by atoms with E-state index in [1.165, 1.54) is 21.2 Å². The zero-order valence-corrected chi connectivity index (χ0v) is 15.7. The summed E-state index contributed by atoms with van der Waals surface area (Å²) in [7, 11) is 0.894. The van der Waals surface area contributed by atoms with Crippen LogP contribution < -0.4 is 10.0 Å². The molecule has 1 aliphatic rings. The molecule has 11 heteroatoms. The van der Waals surface area contributed by atoms with Gasteiger partial charge in [0.25, 0.3) is 10.2 Å². The standard InChI is InChI=1S/C14H25N5O5S/c1-9-16-13(17-24-9)8-15-14(20)10-5-6-11(12(7-10)23-4)18-25(21,22)19(2)3/h10-12,18H,5-8H2,1-4H3,(H,15,20)/t10-,11+,12+/m0/s1. The molecule has 1 aromatic rings. The van der Waals surface area contributed by atoms with E-state index in [0.29, 0.717) is 31.0 Å². The van der Waals surface area contributed by atoms with Gasteiger partial charge in [-0.3, -0.25) is 4.79 Å². The lowest BCUT2D eigenvalue weighted by atomic mass is 9.83. The van der Waals surface area contributed by atoms with Crippen molar-refractivity contribution in [3.63, 3.8) is 0 Å². The summed E-state index contributed by atoms with van der Waals surface area (Å²) in [6.45, 7) is 1.87. The number of nitrogens with one attached hydrogen (secondary N) is 2. The van der Waals surface area contributed by atoms with Crippen LogP contribution >= 0.6 is 0 Å². The lowest BCUT2D eigenvalue weighted by molar-refractivity contribution is -0.128. The largest absolute Gasteiger partial charge is 0.380 e. The zero-order chi connectivity index (χ0) is 18.6. The second-order valence-electron chi connectivity index (χ2n) is 6.24. The van der Waals surface area contributed by atoms with Gasteiger partial charge in [-0.05, 0) is 19.3 Å². The van der Waals surface area contributed by atoms with E-state index >= 15 is 0 Å². The number of hydrogen-bond donors (Lipinski definition) is 2. The Morgan fingerprint density at radius 1 is 1.40 bits per heavy atom. The highest BCUT2D eigenvalue weighted by Crippen LogP contribution is 2.27. The molecule has 3 atom stereocenters. The van der Waals surface area contributed by atoms with Crippen LogP contribution in [0.4, 0.5) is 0 Å². The molecular formula is C14H25N5O5S. The van der Waals surface area contributed by atoms with Gasteiger partial charge >= 0.3 is 0 Å². The molecule has 10 nitrogen and oxygen atoms in total. The molecule has 0 saturated heterocycles. The fourth-order valence-electron chi connectivity index (χ4n) is 2.78. The molecule has 2 N–H and O–H groups in total. The predicted molar refractivity (Wildman–Crippen MR) is 88.6 cm³/mol. The number of methoxy groups -OCH3 is 1. The number of aromatic nitrogens is 2. The van der Waals surface area contributed by atoms with E-state index in [1.54, 1.807) is 6.92 Å². The molecule has 0 bridgehead atoms. The maximum absolute atomic E-state index is 12.3. The fourth-order valence-corrected chi connectivity index (χ4v) is 3.65. The zero-order valence-electron chi connectivity index (χ0n) is 14.9. The maximum atomic E-state index is 12.3. The topological polar surface area (TPSA) is 127 Å². The molecule has 1 fully saturated rings. The molecule has 0 spiro atoms. The van der Waals surface area contributed by atoms with Crippen molar-refractivity contribution in [2.75, 3.05) is 21.2 Å². The minimum atomic E-state index is -3.55. The molecule has 1 aliphatic carbocycles. The van der Waals surface area contributed by atoms with Gasteiger partial charge in [-0.2, -0.15) is 22.4 Å². The van der Waals surface area contributed by atoms with E-state index in [-0.39, 0.29) is 30.5 Å².